The van der Waals surface area contributed by atoms with Gasteiger partial charge in [0, 0.05) is 25.2 Å². The quantitative estimate of drug-likeness (QED) is 0.669. The van der Waals surface area contributed by atoms with Crippen LogP contribution in [-0.2, 0) is 4.79 Å². The maximum absolute atomic E-state index is 12.6. The van der Waals surface area contributed by atoms with E-state index in [1.165, 1.54) is 0 Å². The number of aliphatic imine (C=N–C) groups is 1. The molecule has 1 amide bonds. The maximum atomic E-state index is 12.6. The van der Waals surface area contributed by atoms with Gasteiger partial charge in [-0.05, 0) is 37.7 Å². The van der Waals surface area contributed by atoms with Gasteiger partial charge < -0.3 is 16.0 Å². The highest BCUT2D eigenvalue weighted by Crippen LogP contribution is 2.30. The first-order chi connectivity index (χ1) is 12.3. The molecule has 0 unspecified atom stereocenters. The number of pyridine rings is 1. The normalized spacial score (nSPS) is 23.1. The Hall–Kier alpha value is -2.64. The lowest BCUT2D eigenvalue weighted by Crippen LogP contribution is -2.38. The van der Waals surface area contributed by atoms with E-state index in [-0.39, 0.29) is 11.8 Å². The molecule has 8 nitrogen and oxygen atoms in total. The number of fused-ring (bicyclic) bond motifs is 1. The van der Waals surface area contributed by atoms with E-state index in [0.29, 0.717) is 11.6 Å². The first-order valence-corrected chi connectivity index (χ1v) is 8.91. The number of amides is 1. The number of carbonyl (C=O) groups excluding carboxylic acids is 1. The summed E-state index contributed by atoms with van der Waals surface area (Å²) in [7, 11) is 0. The number of aromatic amines is 1. The number of carbonyl (C=O) groups is 1. The molecule has 0 atom stereocenters. The summed E-state index contributed by atoms with van der Waals surface area (Å²) in [6.45, 7) is 2.71. The van der Waals surface area contributed by atoms with Crippen molar-refractivity contribution >= 4 is 28.6 Å². The molecular weight excluding hydrogens is 318 g/mol. The number of rotatable bonds is 4. The van der Waals surface area contributed by atoms with Crippen LogP contribution in [0.25, 0.3) is 11.0 Å². The summed E-state index contributed by atoms with van der Waals surface area (Å²) in [5.41, 5.74) is 1.47. The maximum Gasteiger partial charge on any atom is 0.227 e. The van der Waals surface area contributed by atoms with E-state index in [2.05, 4.69) is 36.1 Å². The molecule has 3 heterocycles. The summed E-state index contributed by atoms with van der Waals surface area (Å²) in [6, 6.07) is 1.82. The van der Waals surface area contributed by atoms with Crippen molar-refractivity contribution < 1.29 is 4.79 Å². The van der Waals surface area contributed by atoms with Gasteiger partial charge >= 0.3 is 0 Å². The van der Waals surface area contributed by atoms with Crippen LogP contribution in [0.4, 0.5) is 5.69 Å². The predicted octanol–water partition coefficient (Wildman–Crippen LogP) is 1.25. The molecule has 0 spiro atoms. The van der Waals surface area contributed by atoms with Crippen LogP contribution in [0.5, 0.6) is 0 Å². The fourth-order valence-corrected chi connectivity index (χ4v) is 3.58. The molecule has 0 bridgehead atoms. The van der Waals surface area contributed by atoms with Gasteiger partial charge in [-0.2, -0.15) is 5.10 Å². The van der Waals surface area contributed by atoms with Crippen LogP contribution in [0.3, 0.4) is 0 Å². The minimum absolute atomic E-state index is 0.0771. The molecule has 2 aromatic heterocycles. The van der Waals surface area contributed by atoms with Gasteiger partial charge in [0.1, 0.15) is 0 Å². The molecule has 132 valence electrons. The Morgan fingerprint density at radius 3 is 2.96 bits per heavy atom. The summed E-state index contributed by atoms with van der Waals surface area (Å²) < 4.78 is 0. The van der Waals surface area contributed by atoms with Crippen LogP contribution in [0, 0.1) is 11.8 Å². The Kier molecular flexibility index (Phi) is 4.49. The summed E-state index contributed by atoms with van der Waals surface area (Å²) in [5, 5.41) is 17.3. The van der Waals surface area contributed by atoms with E-state index >= 15 is 0 Å². The third-order valence-corrected chi connectivity index (χ3v) is 5.06. The monoisotopic (exact) mass is 341 g/mol. The molecular formula is C17H23N7O. The van der Waals surface area contributed by atoms with E-state index in [4.69, 9.17) is 0 Å². The summed E-state index contributed by atoms with van der Waals surface area (Å²) in [4.78, 5) is 21.1. The van der Waals surface area contributed by atoms with Crippen molar-refractivity contribution in [1.29, 1.82) is 0 Å². The predicted molar refractivity (Wildman–Crippen MR) is 96.3 cm³/mol. The third kappa shape index (κ3) is 3.57. The molecule has 2 aromatic rings. The highest BCUT2D eigenvalue weighted by Gasteiger charge is 2.27. The summed E-state index contributed by atoms with van der Waals surface area (Å²) in [6.07, 6.45) is 7.36. The highest BCUT2D eigenvalue weighted by molar-refractivity contribution is 6.00. The second kappa shape index (κ2) is 7.08. The fourth-order valence-electron chi connectivity index (χ4n) is 3.58. The zero-order valence-electron chi connectivity index (χ0n) is 14.1. The van der Waals surface area contributed by atoms with Crippen molar-refractivity contribution in [2.75, 3.05) is 25.0 Å². The smallest absolute Gasteiger partial charge is 0.227 e. The zero-order chi connectivity index (χ0) is 17.1. The largest absolute Gasteiger partial charge is 0.356 e. The Labute approximate surface area is 145 Å². The number of anilines is 1. The minimum atomic E-state index is 0.0771. The first-order valence-electron chi connectivity index (χ1n) is 8.91. The molecule has 1 fully saturated rings. The lowest BCUT2D eigenvalue weighted by Gasteiger charge is -2.28. The van der Waals surface area contributed by atoms with Gasteiger partial charge in [-0.15, -0.1) is 0 Å². The van der Waals surface area contributed by atoms with Gasteiger partial charge in [-0.25, -0.2) is 4.98 Å². The van der Waals surface area contributed by atoms with Gasteiger partial charge in [0.05, 0.1) is 23.8 Å². The highest BCUT2D eigenvalue weighted by atomic mass is 16.1. The molecule has 4 rings (SSSR count). The van der Waals surface area contributed by atoms with E-state index in [1.54, 1.807) is 12.4 Å². The van der Waals surface area contributed by atoms with E-state index in [0.717, 1.165) is 62.4 Å². The van der Waals surface area contributed by atoms with Crippen molar-refractivity contribution in [3.63, 3.8) is 0 Å². The van der Waals surface area contributed by atoms with Crippen molar-refractivity contribution in [2.45, 2.75) is 25.7 Å². The number of aromatic nitrogens is 3. The average molecular weight is 341 g/mol. The molecule has 0 radical (unpaired) electrons. The van der Waals surface area contributed by atoms with Gasteiger partial charge in [0.15, 0.2) is 11.6 Å². The van der Waals surface area contributed by atoms with Crippen molar-refractivity contribution in [3.05, 3.63) is 18.5 Å². The summed E-state index contributed by atoms with van der Waals surface area (Å²) >= 11 is 0. The number of guanidine groups is 1. The second-order valence-corrected chi connectivity index (χ2v) is 6.74. The Balaban J connectivity index is 1.28. The molecule has 0 aromatic carbocycles. The van der Waals surface area contributed by atoms with Crippen molar-refractivity contribution in [2.24, 2.45) is 16.8 Å². The van der Waals surface area contributed by atoms with Crippen LogP contribution in [0.1, 0.15) is 25.7 Å². The zero-order valence-corrected chi connectivity index (χ0v) is 14.1. The first kappa shape index (κ1) is 15.9. The van der Waals surface area contributed by atoms with Gasteiger partial charge in [-0.1, -0.05) is 0 Å². The lowest BCUT2D eigenvalue weighted by molar-refractivity contribution is -0.121. The van der Waals surface area contributed by atoms with Crippen LogP contribution in [-0.4, -0.2) is 46.7 Å². The number of nitrogens with zero attached hydrogens (tertiary/aromatic N) is 3. The van der Waals surface area contributed by atoms with Crippen LogP contribution in [0.15, 0.2) is 23.5 Å². The molecule has 4 N–H and O–H groups in total. The van der Waals surface area contributed by atoms with Gasteiger partial charge in [0.25, 0.3) is 0 Å². The Morgan fingerprint density at radius 2 is 2.16 bits per heavy atom. The molecule has 1 saturated carbocycles. The number of hydrogen-bond donors (Lipinski definition) is 4. The lowest BCUT2D eigenvalue weighted by atomic mass is 9.81. The molecule has 25 heavy (non-hydrogen) atoms. The van der Waals surface area contributed by atoms with Gasteiger partial charge in [-0.3, -0.25) is 14.9 Å². The topological polar surface area (TPSA) is 107 Å². The Morgan fingerprint density at radius 1 is 1.28 bits per heavy atom. The van der Waals surface area contributed by atoms with Gasteiger partial charge in [0.2, 0.25) is 5.91 Å². The van der Waals surface area contributed by atoms with Crippen molar-refractivity contribution in [3.8, 4) is 0 Å². The number of hydrogen-bond acceptors (Lipinski definition) is 6. The minimum Gasteiger partial charge on any atom is -0.356 e. The van der Waals surface area contributed by atoms with Crippen LogP contribution < -0.4 is 16.0 Å². The molecule has 1 aliphatic carbocycles. The van der Waals surface area contributed by atoms with E-state index in [1.807, 2.05) is 6.07 Å². The average Bonchev–Trinajstić information content (AvgIpc) is 3.32. The van der Waals surface area contributed by atoms with E-state index in [9.17, 15) is 4.79 Å². The fraction of sp³-hybridized carbons (Fsp3) is 0.529. The molecule has 1 aliphatic heterocycles. The SMILES string of the molecule is O=C(Nc1ccnc2[nH]ncc12)[C@H]1CC[C@H](CNC2=NCCN2)CC1. The number of nitrogens with one attached hydrogen (secondary N) is 4. The van der Waals surface area contributed by atoms with E-state index < -0.39 is 0 Å². The third-order valence-electron chi connectivity index (χ3n) is 5.06. The molecule has 8 heteroatoms. The molecule has 0 saturated heterocycles. The standard InChI is InChI=1S/C17H23N7O/c25-16(23-14-5-6-18-15-13(14)10-22-24-15)12-3-1-11(2-4-12)9-21-17-19-7-8-20-17/h5-6,10-12H,1-4,7-9H2,(H2,19,20,21)(H2,18,22,23,24,25)/t11-,12-. The Bertz CT molecular complexity index is 776. The van der Waals surface area contributed by atoms with Crippen molar-refractivity contribution in [1.82, 2.24) is 25.8 Å². The summed E-state index contributed by atoms with van der Waals surface area (Å²) in [5.74, 6) is 1.70. The molecule has 2 aliphatic rings. The second-order valence-electron chi connectivity index (χ2n) is 6.74. The number of H-pyrrole nitrogens is 1. The van der Waals surface area contributed by atoms with Crippen LogP contribution >= 0.6 is 0 Å². The van der Waals surface area contributed by atoms with Crippen LogP contribution in [0.2, 0.25) is 0 Å².